The first-order valence-corrected chi connectivity index (χ1v) is 12.5. The van der Waals surface area contributed by atoms with Crippen LogP contribution in [-0.2, 0) is 36.8 Å². The Morgan fingerprint density at radius 3 is 2.13 bits per heavy atom. The highest BCUT2D eigenvalue weighted by Crippen LogP contribution is 2.18. The zero-order valence-corrected chi connectivity index (χ0v) is 21.5. The van der Waals surface area contributed by atoms with E-state index in [1.165, 1.54) is 24.3 Å². The number of aromatic amines is 1. The Labute approximate surface area is 228 Å². The number of hydrogen-bond donors (Lipinski definition) is 8. The lowest BCUT2D eigenvalue weighted by Crippen LogP contribution is -2.57. The second kappa shape index (κ2) is 13.3. The van der Waals surface area contributed by atoms with Crippen molar-refractivity contribution in [3.8, 4) is 5.75 Å². The summed E-state index contributed by atoms with van der Waals surface area (Å²) in [6.45, 7) is 0. The lowest BCUT2D eigenvalue weighted by atomic mass is 10.0. The number of phenols is 1. The van der Waals surface area contributed by atoms with E-state index in [1.807, 2.05) is 18.2 Å². The molecule has 3 rings (SSSR count). The molecule has 0 aliphatic heterocycles. The minimum absolute atomic E-state index is 0.0239. The molecule has 13 heteroatoms. The number of fused-ring (bicyclic) bond motifs is 1. The third-order valence-electron chi connectivity index (χ3n) is 5.86. The molecule has 0 aliphatic carbocycles. The SMILES string of the molecule is O=C(O)C[C@H](NC(=O)Cc1c[nH]c2ccccc12)C(=O)N[C@@H](Cc1ccc(O)cc1)C(=O)N[C@@H](CS)C(=O)O. The van der Waals surface area contributed by atoms with Gasteiger partial charge in [0.1, 0.15) is 23.9 Å². The Morgan fingerprint density at radius 1 is 0.846 bits per heavy atom. The van der Waals surface area contributed by atoms with E-state index in [0.717, 1.165) is 10.9 Å². The van der Waals surface area contributed by atoms with Crippen molar-refractivity contribution in [1.29, 1.82) is 0 Å². The third-order valence-corrected chi connectivity index (χ3v) is 6.23. The van der Waals surface area contributed by atoms with E-state index in [2.05, 4.69) is 33.6 Å². The summed E-state index contributed by atoms with van der Waals surface area (Å²) in [7, 11) is 0. The van der Waals surface area contributed by atoms with Crippen molar-refractivity contribution in [3.05, 3.63) is 65.9 Å². The van der Waals surface area contributed by atoms with E-state index < -0.39 is 54.2 Å². The molecule has 3 amide bonds. The van der Waals surface area contributed by atoms with E-state index in [0.29, 0.717) is 11.1 Å². The van der Waals surface area contributed by atoms with Gasteiger partial charge in [0.15, 0.2) is 0 Å². The number of nitrogens with one attached hydrogen (secondary N) is 4. The lowest BCUT2D eigenvalue weighted by molar-refractivity contribution is -0.142. The van der Waals surface area contributed by atoms with Gasteiger partial charge in [0.2, 0.25) is 17.7 Å². The van der Waals surface area contributed by atoms with Gasteiger partial charge in [-0.1, -0.05) is 30.3 Å². The summed E-state index contributed by atoms with van der Waals surface area (Å²) in [5.74, 6) is -5.33. The standard InChI is InChI=1S/C26H28N4O8S/c31-16-7-5-14(6-8-16)9-19(24(35)30-21(13-39)26(37)38)29-25(36)20(11-23(33)34)28-22(32)10-15-12-27-18-4-2-1-3-17(15)18/h1-8,12,19-21,27,31,39H,9-11,13H2,(H,28,32)(H,29,36)(H,30,35)(H,33,34)(H,37,38)/t19-,20-,21-/m0/s1. The molecule has 0 bridgehead atoms. The van der Waals surface area contributed by atoms with Crippen LogP contribution in [0.5, 0.6) is 5.75 Å². The topological polar surface area (TPSA) is 198 Å². The van der Waals surface area contributed by atoms with Crippen LogP contribution < -0.4 is 16.0 Å². The van der Waals surface area contributed by atoms with Gasteiger partial charge in [-0.3, -0.25) is 19.2 Å². The van der Waals surface area contributed by atoms with E-state index in [-0.39, 0.29) is 24.3 Å². The fourth-order valence-electron chi connectivity index (χ4n) is 3.89. The molecule has 0 unspecified atom stereocenters. The van der Waals surface area contributed by atoms with Gasteiger partial charge in [-0.25, -0.2) is 4.79 Å². The Hall–Kier alpha value is -4.52. The van der Waals surface area contributed by atoms with E-state index >= 15 is 0 Å². The van der Waals surface area contributed by atoms with Crippen LogP contribution in [0, 0.1) is 0 Å². The highest BCUT2D eigenvalue weighted by Gasteiger charge is 2.30. The monoisotopic (exact) mass is 556 g/mol. The average Bonchev–Trinajstić information content (AvgIpc) is 3.29. The Bertz CT molecular complexity index is 1360. The van der Waals surface area contributed by atoms with Crippen LogP contribution >= 0.6 is 12.6 Å². The highest BCUT2D eigenvalue weighted by atomic mass is 32.1. The summed E-state index contributed by atoms with van der Waals surface area (Å²) < 4.78 is 0. The number of benzene rings is 2. The smallest absolute Gasteiger partial charge is 0.327 e. The molecule has 3 atom stereocenters. The van der Waals surface area contributed by atoms with E-state index in [9.17, 15) is 39.3 Å². The summed E-state index contributed by atoms with van der Waals surface area (Å²) in [6, 6.07) is 8.86. The molecule has 0 saturated heterocycles. The molecule has 0 fully saturated rings. The third kappa shape index (κ3) is 8.23. The van der Waals surface area contributed by atoms with Gasteiger partial charge in [0, 0.05) is 29.3 Å². The van der Waals surface area contributed by atoms with Crippen LogP contribution in [0.3, 0.4) is 0 Å². The van der Waals surface area contributed by atoms with Gasteiger partial charge in [-0.15, -0.1) is 0 Å². The molecular weight excluding hydrogens is 528 g/mol. The maximum absolute atomic E-state index is 13.1. The number of carbonyl (C=O) groups is 5. The fourth-order valence-corrected chi connectivity index (χ4v) is 4.13. The number of para-hydroxylation sites is 1. The molecule has 0 aliphatic rings. The quantitative estimate of drug-likeness (QED) is 0.140. The molecule has 39 heavy (non-hydrogen) atoms. The maximum Gasteiger partial charge on any atom is 0.327 e. The largest absolute Gasteiger partial charge is 0.508 e. The molecule has 7 N–H and O–H groups in total. The van der Waals surface area contributed by atoms with Crippen LogP contribution in [0.1, 0.15) is 17.5 Å². The Kier molecular flexibility index (Phi) is 9.92. The fraction of sp³-hybridized carbons (Fsp3) is 0.269. The van der Waals surface area contributed by atoms with Crippen molar-refractivity contribution in [2.45, 2.75) is 37.4 Å². The molecule has 2 aromatic carbocycles. The van der Waals surface area contributed by atoms with Crippen LogP contribution in [-0.4, -0.2) is 73.8 Å². The number of rotatable bonds is 13. The number of carbonyl (C=O) groups excluding carboxylic acids is 3. The van der Waals surface area contributed by atoms with E-state index in [4.69, 9.17) is 0 Å². The first-order chi connectivity index (χ1) is 18.6. The van der Waals surface area contributed by atoms with Crippen LogP contribution in [0.4, 0.5) is 0 Å². The predicted octanol–water partition coefficient (Wildman–Crippen LogP) is 0.602. The van der Waals surface area contributed by atoms with Gasteiger partial charge in [-0.2, -0.15) is 12.6 Å². The molecule has 1 aromatic heterocycles. The van der Waals surface area contributed by atoms with Crippen molar-refractivity contribution >= 4 is 53.2 Å². The summed E-state index contributed by atoms with van der Waals surface area (Å²) in [6.07, 6.45) is 0.648. The second-order valence-corrected chi connectivity index (χ2v) is 9.13. The number of hydrogen-bond acceptors (Lipinski definition) is 7. The zero-order valence-electron chi connectivity index (χ0n) is 20.6. The molecular formula is C26H28N4O8S. The van der Waals surface area contributed by atoms with Gasteiger partial charge in [0.25, 0.3) is 0 Å². The number of amides is 3. The zero-order chi connectivity index (χ0) is 28.5. The second-order valence-electron chi connectivity index (χ2n) is 8.77. The minimum Gasteiger partial charge on any atom is -0.508 e. The number of carboxylic acid groups (broad SMARTS) is 2. The van der Waals surface area contributed by atoms with Crippen molar-refractivity contribution < 1.29 is 39.3 Å². The van der Waals surface area contributed by atoms with Crippen molar-refractivity contribution in [2.75, 3.05) is 5.75 Å². The molecule has 0 radical (unpaired) electrons. The summed E-state index contributed by atoms with van der Waals surface area (Å²) in [4.78, 5) is 64.7. The first kappa shape index (κ1) is 29.0. The van der Waals surface area contributed by atoms with Crippen LogP contribution in [0.15, 0.2) is 54.7 Å². The number of carboxylic acids is 2. The summed E-state index contributed by atoms with van der Waals surface area (Å²) in [5, 5.41) is 36.1. The molecule has 0 spiro atoms. The van der Waals surface area contributed by atoms with Gasteiger partial charge in [0.05, 0.1) is 12.8 Å². The van der Waals surface area contributed by atoms with Crippen LogP contribution in [0.25, 0.3) is 10.9 Å². The number of aliphatic carboxylic acids is 2. The van der Waals surface area contributed by atoms with E-state index in [1.54, 1.807) is 12.3 Å². The van der Waals surface area contributed by atoms with Gasteiger partial charge >= 0.3 is 11.9 Å². The van der Waals surface area contributed by atoms with Crippen molar-refractivity contribution in [3.63, 3.8) is 0 Å². The number of aromatic hydroxyl groups is 1. The molecule has 0 saturated carbocycles. The predicted molar refractivity (Wildman–Crippen MR) is 143 cm³/mol. The Morgan fingerprint density at radius 2 is 1.49 bits per heavy atom. The molecule has 1 heterocycles. The number of thiol groups is 1. The normalized spacial score (nSPS) is 13.2. The molecule has 206 valence electrons. The number of H-pyrrole nitrogens is 1. The number of aromatic nitrogens is 1. The molecule has 3 aromatic rings. The molecule has 12 nitrogen and oxygen atoms in total. The van der Waals surface area contributed by atoms with Gasteiger partial charge < -0.3 is 36.3 Å². The van der Waals surface area contributed by atoms with Crippen molar-refractivity contribution in [2.24, 2.45) is 0 Å². The summed E-state index contributed by atoms with van der Waals surface area (Å²) in [5.41, 5.74) is 1.97. The summed E-state index contributed by atoms with van der Waals surface area (Å²) >= 11 is 3.92. The minimum atomic E-state index is -1.52. The average molecular weight is 557 g/mol. The lowest BCUT2D eigenvalue weighted by Gasteiger charge is -2.24. The first-order valence-electron chi connectivity index (χ1n) is 11.9. The Balaban J connectivity index is 1.77. The van der Waals surface area contributed by atoms with Crippen LogP contribution in [0.2, 0.25) is 0 Å². The van der Waals surface area contributed by atoms with Crippen molar-refractivity contribution in [1.82, 2.24) is 20.9 Å². The highest BCUT2D eigenvalue weighted by molar-refractivity contribution is 7.80. The number of phenolic OH excluding ortho intramolecular Hbond substituents is 1. The van der Waals surface area contributed by atoms with Gasteiger partial charge in [-0.05, 0) is 29.3 Å². The maximum atomic E-state index is 13.1.